The van der Waals surface area contributed by atoms with Crippen molar-refractivity contribution in [3.8, 4) is 22.6 Å². The van der Waals surface area contributed by atoms with E-state index in [1.54, 1.807) is 58.5 Å². The number of nitrogens with one attached hydrogen (secondary N) is 3. The molecule has 0 saturated heterocycles. The Bertz CT molecular complexity index is 1430. The monoisotopic (exact) mass is 545 g/mol. The summed E-state index contributed by atoms with van der Waals surface area (Å²) in [6.07, 6.45) is 3.03. The van der Waals surface area contributed by atoms with Crippen LogP contribution >= 0.6 is 0 Å². The van der Waals surface area contributed by atoms with E-state index in [1.165, 1.54) is 0 Å². The zero-order valence-electron chi connectivity index (χ0n) is 21.1. The van der Waals surface area contributed by atoms with Crippen LogP contribution in [0.25, 0.3) is 28.3 Å². The maximum Gasteiger partial charge on any atom is 0.405 e. The largest absolute Gasteiger partial charge is 0.405 e. The topological polar surface area (TPSA) is 105 Å². The Labute approximate surface area is 221 Å². The molecule has 4 aromatic rings. The van der Waals surface area contributed by atoms with Gasteiger partial charge in [0.2, 0.25) is 0 Å². The van der Waals surface area contributed by atoms with Crippen LogP contribution in [-0.2, 0) is 4.74 Å². The van der Waals surface area contributed by atoms with Crippen LogP contribution in [0.4, 0.5) is 33.9 Å². The highest BCUT2D eigenvalue weighted by atomic mass is 19.4. The fraction of sp³-hybridized carbons (Fsp3) is 0.308. The van der Waals surface area contributed by atoms with Gasteiger partial charge in [0.05, 0.1) is 18.1 Å². The zero-order chi connectivity index (χ0) is 27.8. The van der Waals surface area contributed by atoms with Gasteiger partial charge in [-0.1, -0.05) is 31.9 Å². The van der Waals surface area contributed by atoms with Crippen molar-refractivity contribution >= 4 is 23.2 Å². The third kappa shape index (κ3) is 7.63. The molecule has 0 unspecified atom stereocenters. The number of carbonyl (C=O) groups is 1. The van der Waals surface area contributed by atoms with E-state index in [0.29, 0.717) is 40.6 Å². The van der Waals surface area contributed by atoms with Gasteiger partial charge in [-0.2, -0.15) is 13.2 Å². The van der Waals surface area contributed by atoms with Gasteiger partial charge in [-0.15, -0.1) is 0 Å². The summed E-state index contributed by atoms with van der Waals surface area (Å²) in [5.74, 6) is -0.267. The third-order valence-corrected chi connectivity index (χ3v) is 5.62. The molecule has 4 rings (SSSR count). The summed E-state index contributed by atoms with van der Waals surface area (Å²) in [6.45, 7) is 1.36. The number of fused-ring (bicyclic) bond motifs is 1. The molecule has 13 heteroatoms. The first-order valence-electron chi connectivity index (χ1n) is 12.3. The fourth-order valence-corrected chi connectivity index (χ4v) is 3.72. The molecule has 0 spiro atoms. The van der Waals surface area contributed by atoms with Crippen molar-refractivity contribution in [1.29, 1.82) is 0 Å². The minimum Gasteiger partial charge on any atom is -0.361 e. The number of aromatic nitrogens is 4. The maximum atomic E-state index is 14.2. The van der Waals surface area contributed by atoms with E-state index in [2.05, 4.69) is 32.5 Å². The van der Waals surface area contributed by atoms with Gasteiger partial charge >= 0.3 is 12.2 Å². The molecule has 3 N–H and O–H groups in total. The SMILES string of the molecule is CCCCCOCNc1nc(-c2ccn3c(-c4cccc(NC(=O)NCC(F)(F)F)c4)cnc3c2)ncc1F. The predicted molar refractivity (Wildman–Crippen MR) is 139 cm³/mol. The van der Waals surface area contributed by atoms with Crippen LogP contribution in [0.2, 0.25) is 0 Å². The van der Waals surface area contributed by atoms with Gasteiger partial charge in [0, 0.05) is 29.6 Å². The van der Waals surface area contributed by atoms with Crippen LogP contribution in [0.1, 0.15) is 26.2 Å². The van der Waals surface area contributed by atoms with Gasteiger partial charge in [0.15, 0.2) is 17.5 Å². The fourth-order valence-electron chi connectivity index (χ4n) is 3.72. The maximum absolute atomic E-state index is 14.2. The molecule has 2 amide bonds. The minimum absolute atomic E-state index is 0.0305. The number of unbranched alkanes of at least 4 members (excludes halogenated alkanes) is 2. The Morgan fingerprint density at radius 2 is 1.92 bits per heavy atom. The summed E-state index contributed by atoms with van der Waals surface area (Å²) >= 11 is 0. The molecule has 3 heterocycles. The molecular weight excluding hydrogens is 518 g/mol. The molecule has 206 valence electrons. The number of hydrogen-bond acceptors (Lipinski definition) is 6. The number of hydrogen-bond donors (Lipinski definition) is 3. The molecule has 0 aliphatic rings. The molecule has 0 aliphatic heterocycles. The Morgan fingerprint density at radius 3 is 2.72 bits per heavy atom. The molecule has 0 atom stereocenters. The van der Waals surface area contributed by atoms with Gasteiger partial charge in [0.25, 0.3) is 0 Å². The lowest BCUT2D eigenvalue weighted by Gasteiger charge is -2.11. The second-order valence-electron chi connectivity index (χ2n) is 8.62. The number of anilines is 2. The number of amides is 2. The van der Waals surface area contributed by atoms with E-state index in [4.69, 9.17) is 4.74 Å². The highest BCUT2D eigenvalue weighted by Crippen LogP contribution is 2.26. The molecule has 3 aromatic heterocycles. The number of urea groups is 1. The number of nitrogens with zero attached hydrogens (tertiary/aromatic N) is 4. The van der Waals surface area contributed by atoms with E-state index in [1.807, 2.05) is 0 Å². The number of carbonyl (C=O) groups excluding carboxylic acids is 1. The van der Waals surface area contributed by atoms with E-state index in [9.17, 15) is 22.4 Å². The number of benzene rings is 1. The molecule has 9 nitrogen and oxygen atoms in total. The quantitative estimate of drug-likeness (QED) is 0.124. The third-order valence-electron chi connectivity index (χ3n) is 5.62. The Kier molecular flexibility index (Phi) is 8.92. The van der Waals surface area contributed by atoms with E-state index >= 15 is 0 Å². The summed E-state index contributed by atoms with van der Waals surface area (Å²) in [6, 6.07) is 9.15. The molecule has 0 aliphatic carbocycles. The second kappa shape index (κ2) is 12.5. The highest BCUT2D eigenvalue weighted by Gasteiger charge is 2.27. The summed E-state index contributed by atoms with van der Waals surface area (Å²) < 4.78 is 58.5. The molecular formula is C26H27F4N7O2. The number of alkyl halides is 3. The normalized spacial score (nSPS) is 11.5. The van der Waals surface area contributed by atoms with Crippen LogP contribution in [0.5, 0.6) is 0 Å². The minimum atomic E-state index is -4.51. The number of rotatable bonds is 11. The van der Waals surface area contributed by atoms with E-state index in [-0.39, 0.29) is 12.5 Å². The van der Waals surface area contributed by atoms with Crippen molar-refractivity contribution in [3.63, 3.8) is 0 Å². The molecule has 39 heavy (non-hydrogen) atoms. The van der Waals surface area contributed by atoms with Crippen molar-refractivity contribution in [3.05, 3.63) is 60.8 Å². The molecule has 0 radical (unpaired) electrons. The standard InChI is InChI=1S/C26H27F4N7O2/c1-2-3-4-10-39-16-34-24-20(27)13-32-23(36-24)18-8-9-37-21(14-31-22(37)12-18)17-6-5-7-19(11-17)35-25(38)33-15-26(28,29)30/h5-9,11-14H,2-4,10,15-16H2,1H3,(H,32,34,36)(H2,33,35,38). The lowest BCUT2D eigenvalue weighted by atomic mass is 10.1. The average Bonchev–Trinajstić information content (AvgIpc) is 3.34. The van der Waals surface area contributed by atoms with Gasteiger partial charge in [-0.3, -0.25) is 4.40 Å². The molecule has 0 fully saturated rings. The van der Waals surface area contributed by atoms with Crippen molar-refractivity contribution in [2.45, 2.75) is 32.4 Å². The van der Waals surface area contributed by atoms with Crippen molar-refractivity contribution in [1.82, 2.24) is 24.7 Å². The number of imidazole rings is 1. The van der Waals surface area contributed by atoms with Crippen LogP contribution < -0.4 is 16.0 Å². The summed E-state index contributed by atoms with van der Waals surface area (Å²) in [4.78, 5) is 24.6. The van der Waals surface area contributed by atoms with Gasteiger partial charge < -0.3 is 20.7 Å². The van der Waals surface area contributed by atoms with Crippen molar-refractivity contribution in [2.24, 2.45) is 0 Å². The number of pyridine rings is 1. The Balaban J connectivity index is 1.47. The smallest absolute Gasteiger partial charge is 0.361 e. The summed E-state index contributed by atoms with van der Waals surface area (Å²) in [5.41, 5.74) is 2.84. The Hall–Kier alpha value is -4.26. The molecule has 0 bridgehead atoms. The highest BCUT2D eigenvalue weighted by molar-refractivity contribution is 5.90. The number of halogens is 4. The van der Waals surface area contributed by atoms with Gasteiger partial charge in [0.1, 0.15) is 18.9 Å². The van der Waals surface area contributed by atoms with Crippen LogP contribution in [0.15, 0.2) is 55.0 Å². The lowest BCUT2D eigenvalue weighted by Crippen LogP contribution is -2.36. The average molecular weight is 546 g/mol. The number of ether oxygens (including phenoxy) is 1. The summed E-state index contributed by atoms with van der Waals surface area (Å²) in [5, 5.41) is 6.99. The summed E-state index contributed by atoms with van der Waals surface area (Å²) in [7, 11) is 0. The first-order chi connectivity index (χ1) is 18.7. The lowest BCUT2D eigenvalue weighted by molar-refractivity contribution is -0.122. The predicted octanol–water partition coefficient (Wildman–Crippen LogP) is 5.86. The van der Waals surface area contributed by atoms with Gasteiger partial charge in [-0.25, -0.2) is 24.1 Å². The van der Waals surface area contributed by atoms with Crippen molar-refractivity contribution in [2.75, 3.05) is 30.5 Å². The first-order valence-corrected chi connectivity index (χ1v) is 12.3. The van der Waals surface area contributed by atoms with Crippen LogP contribution in [0.3, 0.4) is 0 Å². The van der Waals surface area contributed by atoms with E-state index < -0.39 is 24.6 Å². The zero-order valence-corrected chi connectivity index (χ0v) is 21.1. The van der Waals surface area contributed by atoms with E-state index in [0.717, 1.165) is 25.5 Å². The first kappa shape index (κ1) is 27.8. The van der Waals surface area contributed by atoms with Gasteiger partial charge in [-0.05, 0) is 30.7 Å². The Morgan fingerprint density at radius 1 is 1.08 bits per heavy atom. The molecule has 0 saturated carbocycles. The second-order valence-corrected chi connectivity index (χ2v) is 8.62. The van der Waals surface area contributed by atoms with Crippen LogP contribution in [0, 0.1) is 5.82 Å². The van der Waals surface area contributed by atoms with Crippen molar-refractivity contribution < 1.29 is 27.1 Å². The van der Waals surface area contributed by atoms with Crippen LogP contribution in [-0.4, -0.2) is 51.4 Å². The molecule has 1 aromatic carbocycles.